The fraction of sp³-hybridized carbons (Fsp3) is 0.500. The minimum Gasteiger partial charge on any atom is -0.496 e. The molecule has 0 aromatic heterocycles. The number of aliphatic hydroxyl groups is 1. The Kier molecular flexibility index (Phi) is 8.22. The lowest BCUT2D eigenvalue weighted by molar-refractivity contribution is 0.132. The number of nitrogens with one attached hydrogen (secondary N) is 1. The van der Waals surface area contributed by atoms with Crippen molar-refractivity contribution in [2.24, 2.45) is 5.92 Å². The summed E-state index contributed by atoms with van der Waals surface area (Å²) >= 11 is 0. The van der Waals surface area contributed by atoms with Crippen LogP contribution in [0.25, 0.3) is 0 Å². The number of methoxy groups -OCH3 is 1. The van der Waals surface area contributed by atoms with E-state index in [4.69, 9.17) is 9.47 Å². The van der Waals surface area contributed by atoms with Crippen LogP contribution in [0.4, 0.5) is 4.39 Å². The summed E-state index contributed by atoms with van der Waals surface area (Å²) in [5, 5.41) is 13.3. The predicted molar refractivity (Wildman–Crippen MR) is 116 cm³/mol. The van der Waals surface area contributed by atoms with Crippen molar-refractivity contribution in [2.45, 2.75) is 38.6 Å². The predicted octanol–water partition coefficient (Wildman–Crippen LogP) is 3.51. The highest BCUT2D eigenvalue weighted by Gasteiger charge is 2.40. The molecule has 3 atom stereocenters. The molecule has 0 amide bonds. The van der Waals surface area contributed by atoms with Crippen LogP contribution in [0.3, 0.4) is 0 Å². The van der Waals surface area contributed by atoms with Crippen LogP contribution in [0.1, 0.15) is 36.1 Å². The standard InChI is InChI=1S/C24H33FN2O3/c1-4-30-16-19-11-17(9-10-23(19)29-3)13-26-14-18-12-20(15-28)27(2)24(18)21-7-5-6-8-22(21)25/h5-11,18,20,24,26,28H,4,12-16H2,1-3H3/t18-,20+,24-/m0/s1. The Morgan fingerprint density at radius 2 is 2.03 bits per heavy atom. The van der Waals surface area contributed by atoms with Crippen LogP contribution in [0.5, 0.6) is 5.75 Å². The number of likely N-dealkylation sites (N-methyl/N-ethyl adjacent to an activating group) is 1. The molecule has 2 aromatic rings. The topological polar surface area (TPSA) is 54.0 Å². The molecule has 1 heterocycles. The molecule has 1 saturated heterocycles. The van der Waals surface area contributed by atoms with Crippen LogP contribution in [0.15, 0.2) is 42.5 Å². The van der Waals surface area contributed by atoms with Gasteiger partial charge in [0.05, 0.1) is 20.3 Å². The zero-order valence-electron chi connectivity index (χ0n) is 18.1. The number of hydrogen-bond donors (Lipinski definition) is 2. The molecule has 30 heavy (non-hydrogen) atoms. The molecule has 6 heteroatoms. The van der Waals surface area contributed by atoms with Crippen LogP contribution in [-0.2, 0) is 17.9 Å². The number of rotatable bonds is 10. The highest BCUT2D eigenvalue weighted by Crippen LogP contribution is 2.40. The maximum atomic E-state index is 14.5. The summed E-state index contributed by atoms with van der Waals surface area (Å²) < 4.78 is 25.5. The van der Waals surface area contributed by atoms with Crippen LogP contribution < -0.4 is 10.1 Å². The van der Waals surface area contributed by atoms with Crippen molar-refractivity contribution in [1.29, 1.82) is 0 Å². The van der Waals surface area contributed by atoms with Gasteiger partial charge in [-0.3, -0.25) is 4.90 Å². The largest absolute Gasteiger partial charge is 0.496 e. The van der Waals surface area contributed by atoms with E-state index in [-0.39, 0.29) is 30.4 Å². The van der Waals surface area contributed by atoms with E-state index in [0.717, 1.165) is 29.8 Å². The second kappa shape index (κ2) is 10.9. The molecule has 164 valence electrons. The molecule has 3 rings (SSSR count). The Hall–Kier alpha value is -1.99. The first kappa shape index (κ1) is 22.7. The second-order valence-electron chi connectivity index (χ2n) is 7.88. The van der Waals surface area contributed by atoms with Gasteiger partial charge in [-0.1, -0.05) is 24.3 Å². The highest BCUT2D eigenvalue weighted by atomic mass is 19.1. The number of halogens is 1. The second-order valence-corrected chi connectivity index (χ2v) is 7.88. The van der Waals surface area contributed by atoms with Gasteiger partial charge < -0.3 is 19.9 Å². The van der Waals surface area contributed by atoms with E-state index in [2.05, 4.69) is 16.3 Å². The lowest BCUT2D eigenvalue weighted by atomic mass is 9.92. The Balaban J connectivity index is 1.67. The highest BCUT2D eigenvalue weighted by molar-refractivity contribution is 5.37. The molecule has 1 aliphatic rings. The first-order chi connectivity index (χ1) is 14.6. The maximum Gasteiger partial charge on any atom is 0.127 e. The Morgan fingerprint density at radius 3 is 2.73 bits per heavy atom. The molecule has 0 unspecified atom stereocenters. The lowest BCUT2D eigenvalue weighted by Gasteiger charge is -2.28. The van der Waals surface area contributed by atoms with Crippen molar-refractivity contribution in [3.05, 3.63) is 65.0 Å². The Morgan fingerprint density at radius 1 is 1.23 bits per heavy atom. The van der Waals surface area contributed by atoms with Crippen molar-refractivity contribution in [1.82, 2.24) is 10.2 Å². The van der Waals surface area contributed by atoms with Crippen molar-refractivity contribution in [3.63, 3.8) is 0 Å². The number of likely N-dealkylation sites (tertiary alicyclic amines) is 1. The Labute approximate surface area is 178 Å². The number of hydrogen-bond acceptors (Lipinski definition) is 5. The third kappa shape index (κ3) is 5.19. The van der Waals surface area contributed by atoms with Gasteiger partial charge >= 0.3 is 0 Å². The summed E-state index contributed by atoms with van der Waals surface area (Å²) in [6, 6.07) is 13.1. The smallest absolute Gasteiger partial charge is 0.127 e. The summed E-state index contributed by atoms with van der Waals surface area (Å²) in [6.45, 7) is 4.68. The van der Waals surface area contributed by atoms with Crippen LogP contribution in [0, 0.1) is 11.7 Å². The quantitative estimate of drug-likeness (QED) is 0.621. The van der Waals surface area contributed by atoms with Gasteiger partial charge in [-0.2, -0.15) is 0 Å². The van der Waals surface area contributed by atoms with Gasteiger partial charge in [0.25, 0.3) is 0 Å². The van der Waals surface area contributed by atoms with Gasteiger partial charge in [-0.25, -0.2) is 4.39 Å². The zero-order valence-corrected chi connectivity index (χ0v) is 18.1. The van der Waals surface area contributed by atoms with Crippen LogP contribution >= 0.6 is 0 Å². The van der Waals surface area contributed by atoms with Gasteiger partial charge in [0, 0.05) is 42.9 Å². The fourth-order valence-electron chi connectivity index (χ4n) is 4.46. The van der Waals surface area contributed by atoms with E-state index in [1.165, 1.54) is 6.07 Å². The van der Waals surface area contributed by atoms with E-state index >= 15 is 0 Å². The zero-order chi connectivity index (χ0) is 21.5. The molecule has 1 fully saturated rings. The minimum atomic E-state index is -0.186. The monoisotopic (exact) mass is 416 g/mol. The number of ether oxygens (including phenoxy) is 2. The van der Waals surface area contributed by atoms with Crippen LogP contribution in [0.2, 0.25) is 0 Å². The average molecular weight is 417 g/mol. The summed E-state index contributed by atoms with van der Waals surface area (Å²) in [6.07, 6.45) is 0.831. The molecule has 0 aliphatic carbocycles. The van der Waals surface area contributed by atoms with E-state index in [1.807, 2.05) is 38.2 Å². The van der Waals surface area contributed by atoms with Gasteiger partial charge in [0.15, 0.2) is 0 Å². The van der Waals surface area contributed by atoms with Gasteiger partial charge in [-0.15, -0.1) is 0 Å². The lowest BCUT2D eigenvalue weighted by Crippen LogP contribution is -2.32. The molecule has 0 saturated carbocycles. The van der Waals surface area contributed by atoms with E-state index in [0.29, 0.717) is 25.3 Å². The summed E-state index contributed by atoms with van der Waals surface area (Å²) in [5.74, 6) is 0.855. The third-order valence-electron chi connectivity index (χ3n) is 6.01. The van der Waals surface area contributed by atoms with Gasteiger partial charge in [0.1, 0.15) is 11.6 Å². The summed E-state index contributed by atoms with van der Waals surface area (Å²) in [7, 11) is 3.64. The fourth-order valence-corrected chi connectivity index (χ4v) is 4.46. The third-order valence-corrected chi connectivity index (χ3v) is 6.01. The number of aliphatic hydroxyl groups excluding tert-OH is 1. The molecule has 2 aromatic carbocycles. The molecule has 5 nitrogen and oxygen atoms in total. The van der Waals surface area contributed by atoms with E-state index < -0.39 is 0 Å². The first-order valence-electron chi connectivity index (χ1n) is 10.6. The molecular formula is C24H33FN2O3. The van der Waals surface area contributed by atoms with E-state index in [9.17, 15) is 9.50 Å². The van der Waals surface area contributed by atoms with Crippen molar-refractivity contribution < 1.29 is 19.0 Å². The van der Waals surface area contributed by atoms with Crippen molar-refractivity contribution in [2.75, 3.05) is 33.9 Å². The van der Waals surface area contributed by atoms with Gasteiger partial charge in [-0.05, 0) is 50.1 Å². The van der Waals surface area contributed by atoms with Crippen LogP contribution in [-0.4, -0.2) is 50.0 Å². The normalized spacial score (nSPS) is 21.8. The molecular weight excluding hydrogens is 383 g/mol. The summed E-state index contributed by atoms with van der Waals surface area (Å²) in [5.41, 5.74) is 2.88. The SMILES string of the molecule is CCOCc1cc(CNC[C@@H]2C[C@H](CO)N(C)[C@@H]2c2ccccc2F)ccc1OC. The minimum absolute atomic E-state index is 0.0418. The molecule has 2 N–H and O–H groups in total. The summed E-state index contributed by atoms with van der Waals surface area (Å²) in [4.78, 5) is 2.11. The molecule has 0 bridgehead atoms. The number of benzene rings is 2. The Bertz CT molecular complexity index is 817. The maximum absolute atomic E-state index is 14.5. The molecule has 1 aliphatic heterocycles. The average Bonchev–Trinajstić information content (AvgIpc) is 3.08. The molecule has 0 radical (unpaired) electrons. The molecule has 0 spiro atoms. The number of nitrogens with zero attached hydrogens (tertiary/aromatic N) is 1. The van der Waals surface area contributed by atoms with Crippen molar-refractivity contribution >= 4 is 0 Å². The first-order valence-corrected chi connectivity index (χ1v) is 10.6. The van der Waals surface area contributed by atoms with E-state index in [1.54, 1.807) is 13.2 Å². The van der Waals surface area contributed by atoms with Gasteiger partial charge in [0.2, 0.25) is 0 Å². The van der Waals surface area contributed by atoms with Crippen molar-refractivity contribution in [3.8, 4) is 5.75 Å².